The molecule has 1 aromatic heterocycles. The molecule has 1 aliphatic rings. The highest BCUT2D eigenvalue weighted by atomic mass is 35.5. The summed E-state index contributed by atoms with van der Waals surface area (Å²) in [5.74, 6) is 0.439. The first-order valence-corrected chi connectivity index (χ1v) is 12.1. The molecule has 1 atom stereocenters. The zero-order valence-electron chi connectivity index (χ0n) is 18.9. The van der Waals surface area contributed by atoms with Crippen LogP contribution in [0, 0.1) is 6.92 Å². The van der Waals surface area contributed by atoms with E-state index in [0.717, 1.165) is 16.9 Å². The third-order valence-corrected chi connectivity index (χ3v) is 7.45. The minimum atomic E-state index is -0.675. The number of rotatable bonds is 5. The highest BCUT2D eigenvalue weighted by Crippen LogP contribution is 2.40. The summed E-state index contributed by atoms with van der Waals surface area (Å²) < 4.78 is 11.3. The van der Waals surface area contributed by atoms with E-state index in [1.807, 2.05) is 31.2 Å². The number of halogens is 3. The van der Waals surface area contributed by atoms with Crippen molar-refractivity contribution in [2.24, 2.45) is 0 Å². The van der Waals surface area contributed by atoms with E-state index in [-0.39, 0.29) is 22.7 Å². The monoisotopic (exact) mass is 527 g/mol. The lowest BCUT2D eigenvalue weighted by molar-refractivity contribution is 0.0730. The van der Waals surface area contributed by atoms with Crippen molar-refractivity contribution in [3.63, 3.8) is 0 Å². The standard InChI is InChI=1S/C27H20Cl3NO4/c1-14-11-22-18(13-20(14)29)25(32)23-24(16-5-8-19(28)21(30)12-16)31(27(33)26(23)35-22)10-9-15-3-6-17(34-2)7-4-15/h3-8,11-13,24H,9-10H2,1-2H3. The molecule has 4 aromatic rings. The Balaban J connectivity index is 1.63. The molecule has 0 saturated carbocycles. The molecule has 1 unspecified atom stereocenters. The van der Waals surface area contributed by atoms with Gasteiger partial charge in [0.1, 0.15) is 11.3 Å². The Labute approximate surface area is 216 Å². The zero-order valence-corrected chi connectivity index (χ0v) is 21.2. The van der Waals surface area contributed by atoms with Crippen molar-refractivity contribution in [2.45, 2.75) is 19.4 Å². The van der Waals surface area contributed by atoms with Crippen molar-refractivity contribution in [3.05, 3.63) is 108 Å². The molecule has 0 N–H and O–H groups in total. The first-order valence-electron chi connectivity index (χ1n) is 10.9. The Morgan fingerprint density at radius 1 is 0.943 bits per heavy atom. The molecule has 0 saturated heterocycles. The second kappa shape index (κ2) is 9.23. The predicted octanol–water partition coefficient (Wildman–Crippen LogP) is 6.86. The van der Waals surface area contributed by atoms with Gasteiger partial charge in [0.2, 0.25) is 5.76 Å². The quantitative estimate of drug-likeness (QED) is 0.284. The SMILES string of the molecule is COc1ccc(CCN2C(=O)c3oc4cc(C)c(Cl)cc4c(=O)c3C2c2ccc(Cl)c(Cl)c2)cc1. The number of hydrogen-bond acceptors (Lipinski definition) is 4. The summed E-state index contributed by atoms with van der Waals surface area (Å²) in [6.07, 6.45) is 0.570. The summed E-state index contributed by atoms with van der Waals surface area (Å²) in [5.41, 5.74) is 2.76. The van der Waals surface area contributed by atoms with Gasteiger partial charge in [-0.15, -0.1) is 0 Å². The number of hydrogen-bond donors (Lipinski definition) is 0. The highest BCUT2D eigenvalue weighted by Gasteiger charge is 2.42. The van der Waals surface area contributed by atoms with Crippen molar-refractivity contribution < 1.29 is 13.9 Å². The fraction of sp³-hybridized carbons (Fsp3) is 0.185. The van der Waals surface area contributed by atoms with E-state index in [1.54, 1.807) is 42.3 Å². The van der Waals surface area contributed by atoms with Crippen LogP contribution >= 0.6 is 34.8 Å². The average molecular weight is 529 g/mol. The second-order valence-corrected chi connectivity index (χ2v) is 9.67. The van der Waals surface area contributed by atoms with Crippen molar-refractivity contribution in [1.82, 2.24) is 4.90 Å². The second-order valence-electron chi connectivity index (χ2n) is 8.44. The van der Waals surface area contributed by atoms with Crippen LogP contribution in [0.5, 0.6) is 5.75 Å². The maximum absolute atomic E-state index is 13.7. The van der Waals surface area contributed by atoms with Gasteiger partial charge in [0, 0.05) is 11.6 Å². The summed E-state index contributed by atoms with van der Waals surface area (Å²) in [4.78, 5) is 28.9. The van der Waals surface area contributed by atoms with Crippen LogP contribution in [-0.2, 0) is 6.42 Å². The van der Waals surface area contributed by atoms with Gasteiger partial charge in [-0.25, -0.2) is 0 Å². The molecule has 3 aromatic carbocycles. The topological polar surface area (TPSA) is 59.8 Å². The van der Waals surface area contributed by atoms with E-state index in [4.69, 9.17) is 44.0 Å². The van der Waals surface area contributed by atoms with Crippen LogP contribution in [0.4, 0.5) is 0 Å². The van der Waals surface area contributed by atoms with Crippen molar-refractivity contribution in [3.8, 4) is 5.75 Å². The van der Waals surface area contributed by atoms with Gasteiger partial charge >= 0.3 is 0 Å². The third-order valence-electron chi connectivity index (χ3n) is 6.31. The lowest BCUT2D eigenvalue weighted by Crippen LogP contribution is -2.31. The molecule has 0 spiro atoms. The van der Waals surface area contributed by atoms with Gasteiger partial charge in [-0.1, -0.05) is 53.0 Å². The molecule has 2 heterocycles. The molecule has 8 heteroatoms. The number of nitrogens with zero attached hydrogens (tertiary/aromatic N) is 1. The number of ether oxygens (including phenoxy) is 1. The average Bonchev–Trinajstić information content (AvgIpc) is 3.13. The molecule has 0 bridgehead atoms. The van der Waals surface area contributed by atoms with Gasteiger partial charge in [0.25, 0.3) is 5.91 Å². The van der Waals surface area contributed by atoms with Crippen LogP contribution in [0.15, 0.2) is 63.8 Å². The van der Waals surface area contributed by atoms with E-state index in [2.05, 4.69) is 0 Å². The van der Waals surface area contributed by atoms with Crippen molar-refractivity contribution in [1.29, 1.82) is 0 Å². The molecule has 5 rings (SSSR count). The zero-order chi connectivity index (χ0) is 24.9. The molecule has 0 radical (unpaired) electrons. The molecular formula is C27H20Cl3NO4. The van der Waals surface area contributed by atoms with Crippen LogP contribution in [0.2, 0.25) is 15.1 Å². The summed E-state index contributed by atoms with van der Waals surface area (Å²) in [6, 6.07) is 15.4. The van der Waals surface area contributed by atoms with E-state index >= 15 is 0 Å². The van der Waals surface area contributed by atoms with Crippen LogP contribution in [-0.4, -0.2) is 24.5 Å². The van der Waals surface area contributed by atoms with Gasteiger partial charge in [-0.2, -0.15) is 0 Å². The van der Waals surface area contributed by atoms with Crippen molar-refractivity contribution in [2.75, 3.05) is 13.7 Å². The van der Waals surface area contributed by atoms with Gasteiger partial charge in [0.05, 0.1) is 34.1 Å². The largest absolute Gasteiger partial charge is 0.497 e. The third kappa shape index (κ3) is 4.18. The Kier molecular flexibility index (Phi) is 6.26. The van der Waals surface area contributed by atoms with Crippen LogP contribution < -0.4 is 10.2 Å². The molecule has 0 fully saturated rings. The Hall–Kier alpha value is -2.99. The van der Waals surface area contributed by atoms with E-state index in [0.29, 0.717) is 44.6 Å². The first kappa shape index (κ1) is 23.7. The Bertz CT molecular complexity index is 1530. The summed E-state index contributed by atoms with van der Waals surface area (Å²) in [7, 11) is 1.61. The molecule has 0 aliphatic carbocycles. The lowest BCUT2D eigenvalue weighted by Gasteiger charge is -2.25. The summed E-state index contributed by atoms with van der Waals surface area (Å²) in [6.45, 7) is 2.17. The lowest BCUT2D eigenvalue weighted by atomic mass is 9.98. The normalized spacial score (nSPS) is 15.1. The fourth-order valence-electron chi connectivity index (χ4n) is 4.44. The summed E-state index contributed by atoms with van der Waals surface area (Å²) >= 11 is 18.8. The maximum atomic E-state index is 13.7. The smallest absolute Gasteiger partial charge is 0.290 e. The predicted molar refractivity (Wildman–Crippen MR) is 138 cm³/mol. The number of methoxy groups -OCH3 is 1. The van der Waals surface area contributed by atoms with E-state index in [9.17, 15) is 9.59 Å². The van der Waals surface area contributed by atoms with E-state index < -0.39 is 6.04 Å². The Morgan fingerprint density at radius 2 is 1.69 bits per heavy atom. The summed E-state index contributed by atoms with van der Waals surface area (Å²) in [5, 5.41) is 1.51. The van der Waals surface area contributed by atoms with Crippen molar-refractivity contribution >= 4 is 51.7 Å². The Morgan fingerprint density at radius 3 is 2.37 bits per heavy atom. The van der Waals surface area contributed by atoms with Gasteiger partial charge in [-0.05, 0) is 66.4 Å². The maximum Gasteiger partial charge on any atom is 0.290 e. The van der Waals surface area contributed by atoms with Crippen LogP contribution in [0.3, 0.4) is 0 Å². The fourth-order valence-corrected chi connectivity index (χ4v) is 4.91. The molecule has 1 amide bonds. The number of carbonyl (C=O) groups is 1. The number of aryl methyl sites for hydroxylation is 1. The number of carbonyl (C=O) groups excluding carboxylic acids is 1. The number of amides is 1. The van der Waals surface area contributed by atoms with E-state index in [1.165, 1.54) is 0 Å². The van der Waals surface area contributed by atoms with Crippen LogP contribution in [0.25, 0.3) is 11.0 Å². The molecule has 178 valence electrons. The number of benzene rings is 3. The highest BCUT2D eigenvalue weighted by molar-refractivity contribution is 6.42. The van der Waals surface area contributed by atoms with Crippen LogP contribution in [0.1, 0.15) is 38.9 Å². The molecular weight excluding hydrogens is 509 g/mol. The van der Waals surface area contributed by atoms with Gasteiger partial charge < -0.3 is 14.1 Å². The minimum Gasteiger partial charge on any atom is -0.497 e. The molecule has 5 nitrogen and oxygen atoms in total. The first-order chi connectivity index (χ1) is 16.8. The van der Waals surface area contributed by atoms with Gasteiger partial charge in [-0.3, -0.25) is 9.59 Å². The van der Waals surface area contributed by atoms with Gasteiger partial charge in [0.15, 0.2) is 5.43 Å². The minimum absolute atomic E-state index is 0.0371. The molecule has 35 heavy (non-hydrogen) atoms. The number of fused-ring (bicyclic) bond motifs is 2. The molecule has 1 aliphatic heterocycles.